The van der Waals surface area contributed by atoms with E-state index in [9.17, 15) is 61.5 Å². The van der Waals surface area contributed by atoms with Gasteiger partial charge in [0.2, 0.25) is 5.60 Å². The lowest BCUT2D eigenvalue weighted by atomic mass is 9.75. The van der Waals surface area contributed by atoms with E-state index in [-0.39, 0.29) is 0 Å². The molecular formula is C9H4F14O. The van der Waals surface area contributed by atoms with E-state index >= 15 is 0 Å². The Morgan fingerprint density at radius 1 is 0.542 bits per heavy atom. The highest BCUT2D eigenvalue weighted by atomic mass is 19.4. The smallest absolute Gasteiger partial charge is 0.362 e. The summed E-state index contributed by atoms with van der Waals surface area (Å²) >= 11 is 0. The van der Waals surface area contributed by atoms with Crippen LogP contribution in [-0.4, -0.2) is 48.3 Å². The summed E-state index contributed by atoms with van der Waals surface area (Å²) in [7, 11) is 0. The molecule has 0 bridgehead atoms. The van der Waals surface area contributed by atoms with Crippen LogP contribution >= 0.6 is 0 Å². The first kappa shape index (κ1) is 21.0. The zero-order valence-electron chi connectivity index (χ0n) is 10.6. The summed E-state index contributed by atoms with van der Waals surface area (Å²) in [5, 5.41) is 0. The molecule has 1 aliphatic heterocycles. The third-order valence-electron chi connectivity index (χ3n) is 3.32. The first-order valence-corrected chi connectivity index (χ1v) is 5.49. The summed E-state index contributed by atoms with van der Waals surface area (Å²) in [6, 6.07) is 0. The topological polar surface area (TPSA) is 9.23 Å². The SMILES string of the molecule is FC(F)(F)C(F)(F)C(F)(F)C1(C(F)(F)C(F)(F)C(F)(F)F)CCO1. The van der Waals surface area contributed by atoms with Crippen molar-refractivity contribution >= 4 is 0 Å². The van der Waals surface area contributed by atoms with Gasteiger partial charge in [0.25, 0.3) is 0 Å². The second kappa shape index (κ2) is 5.00. The molecular weight excluding hydrogens is 390 g/mol. The van der Waals surface area contributed by atoms with E-state index in [0.29, 0.717) is 0 Å². The molecule has 0 atom stereocenters. The van der Waals surface area contributed by atoms with Crippen LogP contribution in [0.3, 0.4) is 0 Å². The Kier molecular flexibility index (Phi) is 4.38. The maximum Gasteiger partial charge on any atom is 0.459 e. The molecule has 1 nitrogen and oxygen atoms in total. The maximum absolute atomic E-state index is 13.4. The van der Waals surface area contributed by atoms with E-state index in [1.54, 1.807) is 0 Å². The minimum Gasteiger partial charge on any atom is -0.362 e. The highest BCUT2D eigenvalue weighted by Crippen LogP contribution is 2.64. The van der Waals surface area contributed by atoms with Gasteiger partial charge in [0.05, 0.1) is 6.61 Å². The van der Waals surface area contributed by atoms with Crippen LogP contribution in [0, 0.1) is 0 Å². The molecule has 0 radical (unpaired) electrons. The Labute approximate surface area is 122 Å². The number of ether oxygens (including phenoxy) is 1. The minimum atomic E-state index is -7.37. The first-order chi connectivity index (χ1) is 10.2. The number of halogens is 14. The first-order valence-electron chi connectivity index (χ1n) is 5.49. The Hall–Kier alpha value is -1.02. The van der Waals surface area contributed by atoms with Crippen molar-refractivity contribution in [3.05, 3.63) is 0 Å². The summed E-state index contributed by atoms with van der Waals surface area (Å²) in [5.41, 5.74) is -5.71. The summed E-state index contributed by atoms with van der Waals surface area (Å²) < 4.78 is 180. The van der Waals surface area contributed by atoms with Gasteiger partial charge in [-0.2, -0.15) is 61.5 Å². The normalized spacial score (nSPS) is 20.8. The third kappa shape index (κ3) is 2.25. The molecule has 0 aromatic rings. The molecule has 1 heterocycles. The molecule has 0 N–H and O–H groups in total. The monoisotopic (exact) mass is 394 g/mol. The molecule has 0 saturated carbocycles. The van der Waals surface area contributed by atoms with Gasteiger partial charge in [-0.05, 0) is 0 Å². The molecule has 0 spiro atoms. The average molecular weight is 394 g/mol. The van der Waals surface area contributed by atoms with Crippen LogP contribution < -0.4 is 0 Å². The molecule has 0 aromatic heterocycles. The number of hydrogen-bond donors (Lipinski definition) is 0. The Balaban J connectivity index is 3.58. The van der Waals surface area contributed by atoms with Gasteiger partial charge >= 0.3 is 36.0 Å². The van der Waals surface area contributed by atoms with Crippen molar-refractivity contribution in [3.8, 4) is 0 Å². The zero-order chi connectivity index (χ0) is 19.6. The van der Waals surface area contributed by atoms with Crippen molar-refractivity contribution in [1.29, 1.82) is 0 Å². The van der Waals surface area contributed by atoms with Crippen LogP contribution in [0.15, 0.2) is 0 Å². The molecule has 0 amide bonds. The summed E-state index contributed by atoms with van der Waals surface area (Å²) in [6.07, 6.45) is -16.8. The van der Waals surface area contributed by atoms with Crippen LogP contribution in [0.2, 0.25) is 0 Å². The lowest BCUT2D eigenvalue weighted by Gasteiger charge is -2.53. The maximum atomic E-state index is 13.4. The number of rotatable bonds is 4. The van der Waals surface area contributed by atoms with Crippen LogP contribution in [0.1, 0.15) is 6.42 Å². The van der Waals surface area contributed by atoms with Gasteiger partial charge in [0, 0.05) is 6.42 Å². The largest absolute Gasteiger partial charge is 0.459 e. The second-order valence-corrected chi connectivity index (χ2v) is 4.72. The zero-order valence-corrected chi connectivity index (χ0v) is 10.6. The van der Waals surface area contributed by atoms with Crippen LogP contribution in [0.4, 0.5) is 61.5 Å². The average Bonchev–Trinajstić information content (AvgIpc) is 2.22. The second-order valence-electron chi connectivity index (χ2n) is 4.72. The predicted octanol–water partition coefficient (Wildman–Crippen LogP) is 4.81. The van der Waals surface area contributed by atoms with Gasteiger partial charge in [-0.1, -0.05) is 0 Å². The van der Waals surface area contributed by atoms with Crippen molar-refractivity contribution in [1.82, 2.24) is 0 Å². The van der Waals surface area contributed by atoms with Gasteiger partial charge in [0.1, 0.15) is 0 Å². The molecule has 24 heavy (non-hydrogen) atoms. The van der Waals surface area contributed by atoms with Crippen LogP contribution in [0.5, 0.6) is 0 Å². The molecule has 0 aromatic carbocycles. The highest BCUT2D eigenvalue weighted by molar-refractivity contribution is 5.19. The molecule has 144 valence electrons. The molecule has 1 rings (SSSR count). The summed E-state index contributed by atoms with van der Waals surface area (Å²) in [6.45, 7) is -1.47. The fourth-order valence-electron chi connectivity index (χ4n) is 1.86. The van der Waals surface area contributed by atoms with Crippen molar-refractivity contribution < 1.29 is 66.2 Å². The lowest BCUT2D eigenvalue weighted by Crippen LogP contribution is -2.79. The lowest BCUT2D eigenvalue weighted by molar-refractivity contribution is -0.476. The summed E-state index contributed by atoms with van der Waals surface area (Å²) in [5.74, 6) is -29.0. The van der Waals surface area contributed by atoms with Gasteiger partial charge in [-0.15, -0.1) is 0 Å². The molecule has 15 heteroatoms. The molecule has 0 aliphatic carbocycles. The molecule has 1 aliphatic rings. The third-order valence-corrected chi connectivity index (χ3v) is 3.32. The van der Waals surface area contributed by atoms with E-state index < -0.39 is 54.7 Å². The minimum absolute atomic E-state index is 1.47. The Morgan fingerprint density at radius 3 is 0.917 bits per heavy atom. The number of alkyl halides is 14. The van der Waals surface area contributed by atoms with Crippen molar-refractivity contribution in [3.63, 3.8) is 0 Å². The standard InChI is InChI=1S/C9H4F14O/c10-4(11,6(14,15)8(18,19)20)3(1-2-24-3)5(12,13)7(16,17)9(21,22)23/h1-2H2. The quantitative estimate of drug-likeness (QED) is 0.622. The van der Waals surface area contributed by atoms with Gasteiger partial charge in [-0.3, -0.25) is 0 Å². The van der Waals surface area contributed by atoms with E-state index in [4.69, 9.17) is 0 Å². The Morgan fingerprint density at radius 2 is 0.792 bits per heavy atom. The van der Waals surface area contributed by atoms with Crippen molar-refractivity contribution in [2.75, 3.05) is 6.61 Å². The van der Waals surface area contributed by atoms with E-state index in [1.807, 2.05) is 0 Å². The van der Waals surface area contributed by atoms with E-state index in [2.05, 4.69) is 4.74 Å². The van der Waals surface area contributed by atoms with Crippen molar-refractivity contribution in [2.45, 2.75) is 48.1 Å². The Bertz CT molecular complexity index is 441. The fraction of sp³-hybridized carbons (Fsp3) is 1.00. The van der Waals surface area contributed by atoms with Crippen molar-refractivity contribution in [2.24, 2.45) is 0 Å². The van der Waals surface area contributed by atoms with Gasteiger partial charge in [-0.25, -0.2) is 0 Å². The van der Waals surface area contributed by atoms with E-state index in [0.717, 1.165) is 0 Å². The van der Waals surface area contributed by atoms with E-state index in [1.165, 1.54) is 0 Å². The summed E-state index contributed by atoms with van der Waals surface area (Å²) in [4.78, 5) is 0. The van der Waals surface area contributed by atoms with Gasteiger partial charge < -0.3 is 4.74 Å². The van der Waals surface area contributed by atoms with Crippen LogP contribution in [-0.2, 0) is 4.74 Å². The number of hydrogen-bond acceptors (Lipinski definition) is 1. The highest BCUT2D eigenvalue weighted by Gasteiger charge is 2.93. The van der Waals surface area contributed by atoms with Gasteiger partial charge in [0.15, 0.2) is 0 Å². The predicted molar refractivity (Wildman–Crippen MR) is 45.2 cm³/mol. The molecule has 0 unspecified atom stereocenters. The fourth-order valence-corrected chi connectivity index (χ4v) is 1.86. The molecule has 1 saturated heterocycles. The molecule has 1 fully saturated rings. The van der Waals surface area contributed by atoms with Crippen LogP contribution in [0.25, 0.3) is 0 Å².